The molecule has 1 aromatic heterocycles. The van der Waals surface area contributed by atoms with Gasteiger partial charge in [0, 0.05) is 17.8 Å². The third-order valence-corrected chi connectivity index (χ3v) is 6.05. The molecule has 1 fully saturated rings. The highest BCUT2D eigenvalue weighted by molar-refractivity contribution is 7.93. The number of amides is 1. The summed E-state index contributed by atoms with van der Waals surface area (Å²) in [5, 5.41) is 2.80. The zero-order valence-corrected chi connectivity index (χ0v) is 15.4. The van der Waals surface area contributed by atoms with Crippen LogP contribution >= 0.6 is 0 Å². The Morgan fingerprint density at radius 1 is 1.16 bits per heavy atom. The average molecular weight is 359 g/mol. The Bertz CT molecular complexity index is 918. The molecule has 2 heterocycles. The Hall–Kier alpha value is -2.41. The number of anilines is 2. The molecule has 1 aromatic carbocycles. The van der Waals surface area contributed by atoms with Crippen LogP contribution < -0.4 is 9.62 Å². The van der Waals surface area contributed by atoms with E-state index in [0.29, 0.717) is 30.0 Å². The molecule has 0 atom stereocenters. The summed E-state index contributed by atoms with van der Waals surface area (Å²) in [6.45, 7) is 6.11. The van der Waals surface area contributed by atoms with Crippen LogP contribution in [-0.2, 0) is 10.0 Å². The Morgan fingerprint density at radius 3 is 2.52 bits per heavy atom. The maximum absolute atomic E-state index is 12.5. The first kappa shape index (κ1) is 17.4. The zero-order valence-electron chi connectivity index (χ0n) is 14.5. The number of hydrogen-bond donors (Lipinski definition) is 1. The highest BCUT2D eigenvalue weighted by Crippen LogP contribution is 2.26. The maximum Gasteiger partial charge on any atom is 0.257 e. The number of pyridine rings is 1. The molecule has 2 aromatic rings. The van der Waals surface area contributed by atoms with Crippen molar-refractivity contribution in [3.8, 4) is 0 Å². The van der Waals surface area contributed by atoms with Gasteiger partial charge >= 0.3 is 0 Å². The molecule has 0 aliphatic carbocycles. The normalized spacial score (nSPS) is 16.0. The Morgan fingerprint density at radius 2 is 1.92 bits per heavy atom. The Kier molecular flexibility index (Phi) is 4.51. The lowest BCUT2D eigenvalue weighted by atomic mass is 10.1. The summed E-state index contributed by atoms with van der Waals surface area (Å²) >= 11 is 0. The van der Waals surface area contributed by atoms with Gasteiger partial charge < -0.3 is 5.32 Å². The van der Waals surface area contributed by atoms with Gasteiger partial charge in [-0.2, -0.15) is 0 Å². The number of hydrogen-bond acceptors (Lipinski definition) is 4. The van der Waals surface area contributed by atoms with E-state index in [-0.39, 0.29) is 11.7 Å². The molecular formula is C18H21N3O3S. The van der Waals surface area contributed by atoms with Gasteiger partial charge in [-0.1, -0.05) is 0 Å². The third kappa shape index (κ3) is 3.66. The lowest BCUT2D eigenvalue weighted by Crippen LogP contribution is -2.25. The number of aryl methyl sites for hydroxylation is 3. The molecular weight excluding hydrogens is 338 g/mol. The molecule has 1 N–H and O–H groups in total. The van der Waals surface area contributed by atoms with Crippen LogP contribution in [-0.4, -0.2) is 31.6 Å². The van der Waals surface area contributed by atoms with E-state index in [1.165, 1.54) is 4.31 Å². The van der Waals surface area contributed by atoms with E-state index in [1.807, 2.05) is 26.0 Å². The minimum Gasteiger partial charge on any atom is -0.307 e. The molecule has 0 spiro atoms. The van der Waals surface area contributed by atoms with Crippen molar-refractivity contribution in [3.63, 3.8) is 0 Å². The fourth-order valence-electron chi connectivity index (χ4n) is 3.08. The lowest BCUT2D eigenvalue weighted by Gasteiger charge is -2.18. The van der Waals surface area contributed by atoms with Gasteiger partial charge in [-0.3, -0.25) is 9.10 Å². The summed E-state index contributed by atoms with van der Waals surface area (Å²) in [6, 6.07) is 8.83. The average Bonchev–Trinajstić information content (AvgIpc) is 2.85. The number of aromatic nitrogens is 1. The van der Waals surface area contributed by atoms with E-state index in [0.717, 1.165) is 16.8 Å². The predicted molar refractivity (Wildman–Crippen MR) is 98.6 cm³/mol. The number of carbonyl (C=O) groups is 1. The van der Waals surface area contributed by atoms with Gasteiger partial charge in [0.05, 0.1) is 11.4 Å². The second-order valence-corrected chi connectivity index (χ2v) is 8.38. The lowest BCUT2D eigenvalue weighted by molar-refractivity contribution is 0.102. The van der Waals surface area contributed by atoms with Crippen molar-refractivity contribution >= 4 is 27.4 Å². The summed E-state index contributed by atoms with van der Waals surface area (Å²) in [4.78, 5) is 16.8. The van der Waals surface area contributed by atoms with E-state index in [9.17, 15) is 13.2 Å². The van der Waals surface area contributed by atoms with Crippen LogP contribution in [0.5, 0.6) is 0 Å². The fraction of sp³-hybridized carbons (Fsp3) is 0.333. The molecule has 7 heteroatoms. The third-order valence-electron chi connectivity index (χ3n) is 4.18. The van der Waals surface area contributed by atoms with E-state index in [4.69, 9.17) is 0 Å². The van der Waals surface area contributed by atoms with Crippen LogP contribution in [0.1, 0.15) is 33.6 Å². The van der Waals surface area contributed by atoms with Gasteiger partial charge in [0.15, 0.2) is 0 Å². The Balaban J connectivity index is 1.84. The molecule has 1 aliphatic heterocycles. The highest BCUT2D eigenvalue weighted by Gasteiger charge is 2.28. The molecule has 3 rings (SSSR count). The van der Waals surface area contributed by atoms with Crippen LogP contribution in [0.15, 0.2) is 30.3 Å². The van der Waals surface area contributed by atoms with E-state index < -0.39 is 10.0 Å². The van der Waals surface area contributed by atoms with Crippen LogP contribution in [0.2, 0.25) is 0 Å². The van der Waals surface area contributed by atoms with Crippen molar-refractivity contribution in [2.24, 2.45) is 0 Å². The number of sulfonamides is 1. The van der Waals surface area contributed by atoms with Gasteiger partial charge in [0.2, 0.25) is 10.0 Å². The summed E-state index contributed by atoms with van der Waals surface area (Å²) in [6.07, 6.45) is 0.627. The summed E-state index contributed by atoms with van der Waals surface area (Å²) in [5.74, 6) is 0.422. The monoisotopic (exact) mass is 359 g/mol. The second kappa shape index (κ2) is 6.48. The molecule has 0 radical (unpaired) electrons. The zero-order chi connectivity index (χ0) is 18.2. The second-order valence-electron chi connectivity index (χ2n) is 6.37. The molecule has 1 saturated heterocycles. The molecule has 1 amide bonds. The standard InChI is InChI=1S/C18H21N3O3S/c1-12-9-14(3)19-17(10-12)20-18(22)16-6-5-15(11-13(16)2)21-7-4-8-25(21,23)24/h5-6,9-11H,4,7-8H2,1-3H3,(H,19,20,22). The van der Waals surface area contributed by atoms with Crippen molar-refractivity contribution < 1.29 is 13.2 Å². The maximum atomic E-state index is 12.5. The predicted octanol–water partition coefficient (Wildman–Crippen LogP) is 2.80. The van der Waals surface area contributed by atoms with Gasteiger partial charge in [-0.15, -0.1) is 0 Å². The van der Waals surface area contributed by atoms with E-state index in [1.54, 1.807) is 25.1 Å². The largest absolute Gasteiger partial charge is 0.307 e. The number of rotatable bonds is 3. The minimum absolute atomic E-state index is 0.173. The minimum atomic E-state index is -3.23. The van der Waals surface area contributed by atoms with Crippen LogP contribution in [0, 0.1) is 20.8 Å². The van der Waals surface area contributed by atoms with Crippen LogP contribution in [0.25, 0.3) is 0 Å². The summed E-state index contributed by atoms with van der Waals surface area (Å²) in [7, 11) is -3.23. The smallest absolute Gasteiger partial charge is 0.257 e. The van der Waals surface area contributed by atoms with Gasteiger partial charge in [0.1, 0.15) is 5.82 Å². The first-order valence-electron chi connectivity index (χ1n) is 8.14. The van der Waals surface area contributed by atoms with E-state index >= 15 is 0 Å². The van der Waals surface area contributed by atoms with Gasteiger partial charge in [-0.05, 0) is 68.7 Å². The van der Waals surface area contributed by atoms with Crippen molar-refractivity contribution in [1.29, 1.82) is 0 Å². The fourth-order valence-corrected chi connectivity index (χ4v) is 4.63. The first-order chi connectivity index (χ1) is 11.8. The number of nitrogens with one attached hydrogen (secondary N) is 1. The molecule has 132 valence electrons. The summed E-state index contributed by atoms with van der Waals surface area (Å²) < 4.78 is 25.5. The van der Waals surface area contributed by atoms with Crippen LogP contribution in [0.4, 0.5) is 11.5 Å². The van der Waals surface area contributed by atoms with E-state index in [2.05, 4.69) is 10.3 Å². The van der Waals surface area contributed by atoms with Crippen molar-refractivity contribution in [3.05, 3.63) is 52.7 Å². The SMILES string of the molecule is Cc1cc(C)nc(NC(=O)c2ccc(N3CCCS3(=O)=O)cc2C)c1. The van der Waals surface area contributed by atoms with Crippen molar-refractivity contribution in [2.75, 3.05) is 21.9 Å². The van der Waals surface area contributed by atoms with Gasteiger partial charge in [-0.25, -0.2) is 13.4 Å². The molecule has 0 saturated carbocycles. The van der Waals surface area contributed by atoms with Crippen molar-refractivity contribution in [2.45, 2.75) is 27.2 Å². The molecule has 0 bridgehead atoms. The highest BCUT2D eigenvalue weighted by atomic mass is 32.2. The first-order valence-corrected chi connectivity index (χ1v) is 9.75. The summed E-state index contributed by atoms with van der Waals surface area (Å²) in [5.41, 5.74) is 3.69. The number of carbonyl (C=O) groups excluding carboxylic acids is 1. The topological polar surface area (TPSA) is 79.4 Å². The molecule has 0 unspecified atom stereocenters. The number of benzene rings is 1. The van der Waals surface area contributed by atoms with Crippen LogP contribution in [0.3, 0.4) is 0 Å². The molecule has 1 aliphatic rings. The molecule has 25 heavy (non-hydrogen) atoms. The quantitative estimate of drug-likeness (QED) is 0.914. The van der Waals surface area contributed by atoms with Gasteiger partial charge in [0.25, 0.3) is 5.91 Å². The molecule has 6 nitrogen and oxygen atoms in total. The van der Waals surface area contributed by atoms with Crippen molar-refractivity contribution in [1.82, 2.24) is 4.98 Å². The Labute approximate surface area is 147 Å². The number of nitrogens with zero attached hydrogens (tertiary/aromatic N) is 2.